The zero-order valence-electron chi connectivity index (χ0n) is 17.5. The van der Waals surface area contributed by atoms with Crippen molar-refractivity contribution in [2.75, 3.05) is 40.0 Å². The topological polar surface area (TPSA) is 83.1 Å². The predicted molar refractivity (Wildman–Crippen MR) is 117 cm³/mol. The lowest BCUT2D eigenvalue weighted by atomic mass is 10.0. The second kappa shape index (κ2) is 8.49. The van der Waals surface area contributed by atoms with Crippen molar-refractivity contribution in [3.63, 3.8) is 0 Å². The van der Waals surface area contributed by atoms with Crippen LogP contribution in [-0.2, 0) is 9.53 Å². The first-order valence-electron chi connectivity index (χ1n) is 10.5. The maximum atomic E-state index is 13.3. The number of hydrogen-bond acceptors (Lipinski definition) is 6. The number of hydrogen-bond donors (Lipinski definition) is 1. The monoisotopic (exact) mass is 419 g/mol. The minimum absolute atomic E-state index is 0.0316. The van der Waals surface area contributed by atoms with E-state index in [2.05, 4.69) is 9.88 Å². The van der Waals surface area contributed by atoms with Gasteiger partial charge in [0.1, 0.15) is 17.6 Å². The molecule has 0 unspecified atom stereocenters. The lowest BCUT2D eigenvalue weighted by Gasteiger charge is -2.28. The average molecular weight is 419 g/mol. The molecule has 1 atom stereocenters. The summed E-state index contributed by atoms with van der Waals surface area (Å²) in [4.78, 5) is 23.5. The molecule has 8 nitrogen and oxygen atoms in total. The van der Waals surface area contributed by atoms with Crippen LogP contribution >= 0.6 is 0 Å². The predicted octanol–water partition coefficient (Wildman–Crippen LogP) is 2.58. The molecule has 8 heteroatoms. The van der Waals surface area contributed by atoms with Gasteiger partial charge in [-0.05, 0) is 42.0 Å². The Morgan fingerprint density at radius 3 is 2.68 bits per heavy atom. The molecule has 0 saturated carbocycles. The molecule has 31 heavy (non-hydrogen) atoms. The number of aromatic amines is 1. The van der Waals surface area contributed by atoms with Gasteiger partial charge in [0.05, 0.1) is 43.6 Å². The molecule has 1 amide bonds. The number of morpholine rings is 1. The molecule has 2 aliphatic heterocycles. The van der Waals surface area contributed by atoms with Crippen molar-refractivity contribution in [2.45, 2.75) is 12.5 Å². The van der Waals surface area contributed by atoms with Gasteiger partial charge in [-0.25, -0.2) is 9.99 Å². The number of para-hydroxylation sites is 2. The van der Waals surface area contributed by atoms with Gasteiger partial charge in [-0.3, -0.25) is 9.69 Å². The number of imidazole rings is 1. The van der Waals surface area contributed by atoms with Crippen LogP contribution in [0.25, 0.3) is 11.0 Å². The van der Waals surface area contributed by atoms with E-state index in [9.17, 15) is 4.79 Å². The SMILES string of the molecule is COc1ccc(C2=NN(C(=O)CN3CCOCC3)[C@H](c3nc4ccccc4[nH]3)C2)cc1. The van der Waals surface area contributed by atoms with E-state index in [0.29, 0.717) is 26.2 Å². The van der Waals surface area contributed by atoms with Crippen molar-refractivity contribution in [1.82, 2.24) is 19.9 Å². The Bertz CT molecular complexity index is 1070. The van der Waals surface area contributed by atoms with Gasteiger partial charge < -0.3 is 14.5 Å². The van der Waals surface area contributed by atoms with Gasteiger partial charge in [0.15, 0.2) is 0 Å². The summed E-state index contributed by atoms with van der Waals surface area (Å²) in [5.41, 5.74) is 3.68. The second-order valence-electron chi connectivity index (χ2n) is 7.76. The van der Waals surface area contributed by atoms with Crippen molar-refractivity contribution in [3.8, 4) is 5.75 Å². The van der Waals surface area contributed by atoms with Gasteiger partial charge in [-0.2, -0.15) is 5.10 Å². The summed E-state index contributed by atoms with van der Waals surface area (Å²) < 4.78 is 10.7. The van der Waals surface area contributed by atoms with Crippen LogP contribution < -0.4 is 4.74 Å². The first kappa shape index (κ1) is 19.7. The van der Waals surface area contributed by atoms with E-state index in [-0.39, 0.29) is 11.9 Å². The highest BCUT2D eigenvalue weighted by atomic mass is 16.5. The van der Waals surface area contributed by atoms with Crippen LogP contribution in [0, 0.1) is 0 Å². The number of H-pyrrole nitrogens is 1. The number of nitrogens with one attached hydrogen (secondary N) is 1. The summed E-state index contributed by atoms with van der Waals surface area (Å²) in [6.07, 6.45) is 0.598. The fourth-order valence-electron chi connectivity index (χ4n) is 4.06. The van der Waals surface area contributed by atoms with Crippen molar-refractivity contribution in [1.29, 1.82) is 0 Å². The Labute approximate surface area is 180 Å². The number of nitrogens with zero attached hydrogens (tertiary/aromatic N) is 4. The van der Waals surface area contributed by atoms with Crippen molar-refractivity contribution < 1.29 is 14.3 Å². The molecule has 1 fully saturated rings. The molecule has 5 rings (SSSR count). The zero-order chi connectivity index (χ0) is 21.2. The molecule has 0 radical (unpaired) electrons. The van der Waals surface area contributed by atoms with Crippen molar-refractivity contribution >= 4 is 22.7 Å². The number of amides is 1. The van der Waals surface area contributed by atoms with E-state index in [4.69, 9.17) is 19.6 Å². The molecule has 2 aromatic carbocycles. The molecule has 0 aliphatic carbocycles. The number of ether oxygens (including phenoxy) is 2. The Morgan fingerprint density at radius 2 is 1.94 bits per heavy atom. The number of carbonyl (C=O) groups is 1. The Kier molecular flexibility index (Phi) is 5.40. The molecular weight excluding hydrogens is 394 g/mol. The maximum absolute atomic E-state index is 13.3. The third-order valence-corrected chi connectivity index (χ3v) is 5.78. The molecule has 0 spiro atoms. The van der Waals surface area contributed by atoms with Gasteiger partial charge in [0, 0.05) is 19.5 Å². The van der Waals surface area contributed by atoms with E-state index in [1.54, 1.807) is 12.1 Å². The van der Waals surface area contributed by atoms with E-state index in [0.717, 1.165) is 47.0 Å². The molecule has 160 valence electrons. The normalized spacial score (nSPS) is 19.6. The summed E-state index contributed by atoms with van der Waals surface area (Å²) in [6, 6.07) is 15.4. The van der Waals surface area contributed by atoms with Crippen LogP contribution in [0.15, 0.2) is 53.6 Å². The van der Waals surface area contributed by atoms with Gasteiger partial charge >= 0.3 is 0 Å². The van der Waals surface area contributed by atoms with Crippen LogP contribution in [0.3, 0.4) is 0 Å². The van der Waals surface area contributed by atoms with Crippen LogP contribution in [-0.4, -0.2) is 71.5 Å². The quantitative estimate of drug-likeness (QED) is 0.687. The smallest absolute Gasteiger partial charge is 0.257 e. The molecule has 3 aromatic rings. The number of carbonyl (C=O) groups excluding carboxylic acids is 1. The second-order valence-corrected chi connectivity index (χ2v) is 7.76. The highest BCUT2D eigenvalue weighted by molar-refractivity contribution is 6.03. The standard InChI is InChI=1S/C23H25N5O3/c1-30-17-8-6-16(7-9-17)20-14-21(23-24-18-4-2-3-5-19(18)25-23)28(26-20)22(29)15-27-10-12-31-13-11-27/h2-9,21H,10-15H2,1H3,(H,24,25)/t21-/m0/s1. The van der Waals surface area contributed by atoms with Gasteiger partial charge in [0.2, 0.25) is 0 Å². The molecule has 2 aliphatic rings. The zero-order valence-corrected chi connectivity index (χ0v) is 17.5. The highest BCUT2D eigenvalue weighted by Crippen LogP contribution is 2.33. The molecule has 0 bridgehead atoms. The third kappa shape index (κ3) is 4.04. The lowest BCUT2D eigenvalue weighted by Crippen LogP contribution is -2.43. The highest BCUT2D eigenvalue weighted by Gasteiger charge is 2.35. The Morgan fingerprint density at radius 1 is 1.16 bits per heavy atom. The van der Waals surface area contributed by atoms with Gasteiger partial charge in [-0.1, -0.05) is 12.1 Å². The first-order valence-corrected chi connectivity index (χ1v) is 10.5. The van der Waals surface area contributed by atoms with E-state index in [1.165, 1.54) is 0 Å². The van der Waals surface area contributed by atoms with Crippen LogP contribution in [0.1, 0.15) is 23.9 Å². The number of methoxy groups -OCH3 is 1. The number of rotatable bonds is 5. The minimum Gasteiger partial charge on any atom is -0.497 e. The largest absolute Gasteiger partial charge is 0.497 e. The summed E-state index contributed by atoms with van der Waals surface area (Å²) >= 11 is 0. The molecular formula is C23H25N5O3. The molecule has 1 saturated heterocycles. The van der Waals surface area contributed by atoms with Crippen LogP contribution in [0.5, 0.6) is 5.75 Å². The summed E-state index contributed by atoms with van der Waals surface area (Å²) in [5, 5.41) is 6.35. The van der Waals surface area contributed by atoms with Gasteiger partial charge in [-0.15, -0.1) is 0 Å². The molecule has 1 aromatic heterocycles. The fraction of sp³-hybridized carbons (Fsp3) is 0.348. The molecule has 1 N–H and O–H groups in total. The van der Waals surface area contributed by atoms with Gasteiger partial charge in [0.25, 0.3) is 5.91 Å². The molecule has 3 heterocycles. The Balaban J connectivity index is 1.45. The van der Waals surface area contributed by atoms with Crippen LogP contribution in [0.4, 0.5) is 0 Å². The van der Waals surface area contributed by atoms with Crippen molar-refractivity contribution in [2.24, 2.45) is 5.10 Å². The average Bonchev–Trinajstić information content (AvgIpc) is 3.44. The summed E-state index contributed by atoms with van der Waals surface area (Å²) in [5.74, 6) is 1.51. The number of benzene rings is 2. The summed E-state index contributed by atoms with van der Waals surface area (Å²) in [7, 11) is 1.64. The van der Waals surface area contributed by atoms with E-state index >= 15 is 0 Å². The van der Waals surface area contributed by atoms with E-state index < -0.39 is 0 Å². The van der Waals surface area contributed by atoms with E-state index in [1.807, 2.05) is 48.5 Å². The Hall–Kier alpha value is -3.23. The third-order valence-electron chi connectivity index (χ3n) is 5.78. The minimum atomic E-state index is -0.266. The summed E-state index contributed by atoms with van der Waals surface area (Å²) in [6.45, 7) is 3.13. The lowest BCUT2D eigenvalue weighted by molar-refractivity contribution is -0.135. The fourth-order valence-corrected chi connectivity index (χ4v) is 4.06. The first-order chi connectivity index (χ1) is 15.2. The van der Waals surface area contributed by atoms with Crippen molar-refractivity contribution in [3.05, 3.63) is 59.9 Å². The number of aromatic nitrogens is 2. The maximum Gasteiger partial charge on any atom is 0.257 e. The number of fused-ring (bicyclic) bond motifs is 1. The van der Waals surface area contributed by atoms with Crippen LogP contribution in [0.2, 0.25) is 0 Å². The number of hydrazone groups is 1.